The van der Waals surface area contributed by atoms with Crippen LogP contribution < -0.4 is 0 Å². The Morgan fingerprint density at radius 1 is 1.44 bits per heavy atom. The molecule has 0 spiro atoms. The Morgan fingerprint density at radius 2 is 2.12 bits per heavy atom. The highest BCUT2D eigenvalue weighted by atomic mass is 32.1. The Hall–Kier alpha value is -1.36. The first kappa shape index (κ1) is 12.7. The van der Waals surface area contributed by atoms with E-state index in [0.29, 0.717) is 12.0 Å². The van der Waals surface area contributed by atoms with Gasteiger partial charge in [0.25, 0.3) is 0 Å². The Bertz CT molecular complexity index is 383. The van der Waals surface area contributed by atoms with Gasteiger partial charge in [-0.05, 0) is 24.3 Å². The molecule has 0 aliphatic heterocycles. The summed E-state index contributed by atoms with van der Waals surface area (Å²) in [5.41, 5.74) is 1.36. The number of ether oxygens (including phenoxy) is 2. The highest BCUT2D eigenvalue weighted by Crippen LogP contribution is 2.16. The van der Waals surface area contributed by atoms with Crippen LogP contribution in [0.25, 0.3) is 0 Å². The number of hydrogen-bond acceptors (Lipinski definition) is 5. The van der Waals surface area contributed by atoms with Crippen molar-refractivity contribution in [3.05, 3.63) is 21.9 Å². The summed E-state index contributed by atoms with van der Waals surface area (Å²) in [5, 5.41) is 3.57. The molecule has 0 aromatic carbocycles. The van der Waals surface area contributed by atoms with Gasteiger partial charge in [-0.3, -0.25) is 0 Å². The van der Waals surface area contributed by atoms with Crippen LogP contribution in [0, 0.1) is 6.92 Å². The number of thiophene rings is 1. The van der Waals surface area contributed by atoms with E-state index in [1.165, 1.54) is 18.4 Å². The molecule has 5 heteroatoms. The van der Waals surface area contributed by atoms with Gasteiger partial charge >= 0.3 is 11.9 Å². The third-order valence-corrected chi connectivity index (χ3v) is 3.02. The monoisotopic (exact) mass is 242 g/mol. The van der Waals surface area contributed by atoms with E-state index in [9.17, 15) is 9.59 Å². The number of hydrogen-bond donors (Lipinski definition) is 0. The highest BCUT2D eigenvalue weighted by molar-refractivity contribution is 7.08. The van der Waals surface area contributed by atoms with Crippen LogP contribution in [-0.2, 0) is 14.3 Å². The van der Waals surface area contributed by atoms with Crippen molar-refractivity contribution >= 4 is 23.3 Å². The second kappa shape index (κ2) is 5.65. The maximum absolute atomic E-state index is 11.7. The van der Waals surface area contributed by atoms with E-state index >= 15 is 0 Å². The molecular formula is C11H14O4S. The van der Waals surface area contributed by atoms with Crippen LogP contribution in [0.5, 0.6) is 0 Å². The van der Waals surface area contributed by atoms with Gasteiger partial charge in [0.2, 0.25) is 0 Å². The lowest BCUT2D eigenvalue weighted by Gasteiger charge is -2.13. The maximum Gasteiger partial charge on any atom is 0.347 e. The number of rotatable bonds is 4. The molecule has 1 aromatic heterocycles. The minimum absolute atomic E-state index is 0.404. The predicted octanol–water partition coefficient (Wildman–Crippen LogP) is 2.16. The molecule has 0 aliphatic carbocycles. The predicted molar refractivity (Wildman–Crippen MR) is 60.6 cm³/mol. The average molecular weight is 242 g/mol. The number of carbonyl (C=O) groups is 2. The van der Waals surface area contributed by atoms with E-state index in [-0.39, 0.29) is 0 Å². The zero-order valence-electron chi connectivity index (χ0n) is 9.48. The number of methoxy groups -OCH3 is 1. The van der Waals surface area contributed by atoms with E-state index in [0.717, 1.165) is 5.56 Å². The third-order valence-electron chi connectivity index (χ3n) is 2.16. The van der Waals surface area contributed by atoms with Crippen LogP contribution in [0.1, 0.15) is 29.3 Å². The Labute approximate surface area is 98.2 Å². The molecule has 16 heavy (non-hydrogen) atoms. The lowest BCUT2D eigenvalue weighted by molar-refractivity contribution is -0.151. The minimum atomic E-state index is -0.822. The number of carbonyl (C=O) groups excluding carboxylic acids is 2. The van der Waals surface area contributed by atoms with Gasteiger partial charge in [-0.25, -0.2) is 9.59 Å². The molecule has 88 valence electrons. The molecule has 4 nitrogen and oxygen atoms in total. The molecule has 0 saturated heterocycles. The lowest BCUT2D eigenvalue weighted by Crippen LogP contribution is -2.27. The number of aryl methyl sites for hydroxylation is 1. The second-order valence-corrected chi connectivity index (χ2v) is 4.04. The Kier molecular flexibility index (Phi) is 4.49. The molecule has 0 fully saturated rings. The first-order chi connectivity index (χ1) is 7.60. The van der Waals surface area contributed by atoms with Crippen molar-refractivity contribution in [1.82, 2.24) is 0 Å². The molecule has 0 N–H and O–H groups in total. The minimum Gasteiger partial charge on any atom is -0.466 e. The average Bonchev–Trinajstić information content (AvgIpc) is 2.71. The first-order valence-electron chi connectivity index (χ1n) is 4.91. The van der Waals surface area contributed by atoms with Crippen LogP contribution >= 0.6 is 11.3 Å². The summed E-state index contributed by atoms with van der Waals surface area (Å²) in [5.74, 6) is -1.00. The van der Waals surface area contributed by atoms with Crippen molar-refractivity contribution in [2.45, 2.75) is 26.4 Å². The lowest BCUT2D eigenvalue weighted by atomic mass is 10.2. The summed E-state index contributed by atoms with van der Waals surface area (Å²) < 4.78 is 9.61. The fraction of sp³-hybridized carbons (Fsp3) is 0.455. The van der Waals surface area contributed by atoms with E-state index in [2.05, 4.69) is 4.74 Å². The Balaban J connectivity index is 2.70. The van der Waals surface area contributed by atoms with Crippen LogP contribution in [0.4, 0.5) is 0 Å². The van der Waals surface area contributed by atoms with Gasteiger partial charge in [-0.2, -0.15) is 11.3 Å². The molecule has 0 saturated carbocycles. The summed E-state index contributed by atoms with van der Waals surface area (Å²) >= 11 is 1.43. The SMILES string of the molecule is CC[C@H](OC(=O)c1cscc1C)C(=O)OC. The molecule has 1 heterocycles. The largest absolute Gasteiger partial charge is 0.466 e. The van der Waals surface area contributed by atoms with Crippen LogP contribution in [0.15, 0.2) is 10.8 Å². The molecule has 0 aliphatic rings. The van der Waals surface area contributed by atoms with Crippen molar-refractivity contribution in [2.75, 3.05) is 7.11 Å². The van der Waals surface area contributed by atoms with Crippen molar-refractivity contribution < 1.29 is 19.1 Å². The zero-order valence-corrected chi connectivity index (χ0v) is 10.3. The van der Waals surface area contributed by atoms with Gasteiger partial charge in [0, 0.05) is 5.38 Å². The number of esters is 2. The molecule has 0 bridgehead atoms. The van der Waals surface area contributed by atoms with Crippen molar-refractivity contribution in [3.8, 4) is 0 Å². The van der Waals surface area contributed by atoms with Gasteiger partial charge in [-0.15, -0.1) is 0 Å². The fourth-order valence-corrected chi connectivity index (χ4v) is 2.01. The van der Waals surface area contributed by atoms with Crippen LogP contribution in [0.2, 0.25) is 0 Å². The van der Waals surface area contributed by atoms with Gasteiger partial charge in [0.1, 0.15) is 0 Å². The zero-order chi connectivity index (χ0) is 12.1. The van der Waals surface area contributed by atoms with Crippen molar-refractivity contribution in [3.63, 3.8) is 0 Å². The van der Waals surface area contributed by atoms with Gasteiger partial charge in [-0.1, -0.05) is 6.92 Å². The molecule has 0 amide bonds. The third kappa shape index (κ3) is 2.82. The topological polar surface area (TPSA) is 52.6 Å². The van der Waals surface area contributed by atoms with E-state index in [1.54, 1.807) is 12.3 Å². The summed E-state index contributed by atoms with van der Waals surface area (Å²) in [4.78, 5) is 22.9. The van der Waals surface area contributed by atoms with E-state index < -0.39 is 18.0 Å². The fourth-order valence-electron chi connectivity index (χ4n) is 1.19. The smallest absolute Gasteiger partial charge is 0.347 e. The summed E-state index contributed by atoms with van der Waals surface area (Å²) in [6, 6.07) is 0. The molecule has 1 rings (SSSR count). The van der Waals surface area contributed by atoms with E-state index in [4.69, 9.17) is 4.74 Å². The summed E-state index contributed by atoms with van der Waals surface area (Å²) in [7, 11) is 1.27. The van der Waals surface area contributed by atoms with E-state index in [1.807, 2.05) is 12.3 Å². The quantitative estimate of drug-likeness (QED) is 0.759. The second-order valence-electron chi connectivity index (χ2n) is 3.29. The molecule has 0 radical (unpaired) electrons. The molecule has 1 atom stereocenters. The molecule has 1 aromatic rings. The highest BCUT2D eigenvalue weighted by Gasteiger charge is 2.23. The molecular weight excluding hydrogens is 228 g/mol. The first-order valence-corrected chi connectivity index (χ1v) is 5.86. The van der Waals surface area contributed by atoms with Gasteiger partial charge in [0.05, 0.1) is 12.7 Å². The Morgan fingerprint density at radius 3 is 2.56 bits per heavy atom. The summed E-state index contributed by atoms with van der Waals surface area (Å²) in [6.07, 6.45) is -0.418. The van der Waals surface area contributed by atoms with Crippen LogP contribution in [-0.4, -0.2) is 25.2 Å². The van der Waals surface area contributed by atoms with Crippen molar-refractivity contribution in [2.24, 2.45) is 0 Å². The standard InChI is InChI=1S/C11H14O4S/c1-4-9(11(13)14-3)15-10(12)8-6-16-5-7(8)2/h5-6,9H,4H2,1-3H3/t9-/m0/s1. The normalized spacial score (nSPS) is 11.9. The summed E-state index contributed by atoms with van der Waals surface area (Å²) in [6.45, 7) is 3.58. The van der Waals surface area contributed by atoms with Crippen molar-refractivity contribution in [1.29, 1.82) is 0 Å². The maximum atomic E-state index is 11.7. The van der Waals surface area contributed by atoms with Gasteiger partial charge < -0.3 is 9.47 Å². The van der Waals surface area contributed by atoms with Gasteiger partial charge in [0.15, 0.2) is 6.10 Å². The van der Waals surface area contributed by atoms with Crippen LogP contribution in [0.3, 0.4) is 0 Å². The molecule has 0 unspecified atom stereocenters.